The van der Waals surface area contributed by atoms with Gasteiger partial charge in [-0.05, 0) is 24.5 Å². The zero-order chi connectivity index (χ0) is 18.0. The lowest BCUT2D eigenvalue weighted by molar-refractivity contribution is -0.137. The van der Waals surface area contributed by atoms with Gasteiger partial charge in [0.15, 0.2) is 6.19 Å². The molecule has 0 unspecified atom stereocenters. The van der Waals surface area contributed by atoms with Crippen molar-refractivity contribution in [2.45, 2.75) is 19.0 Å². The van der Waals surface area contributed by atoms with Crippen LogP contribution in [0.3, 0.4) is 0 Å². The van der Waals surface area contributed by atoms with Crippen molar-refractivity contribution in [3.63, 3.8) is 0 Å². The van der Waals surface area contributed by atoms with Crippen molar-refractivity contribution in [3.8, 4) is 17.5 Å². The number of Topliss-reactive ketones (excluding diaryl/α,β-unsaturated/α-hetero) is 1. The fourth-order valence-electron chi connectivity index (χ4n) is 2.83. The number of likely N-dealkylation sites (tertiary alicyclic amines) is 1. The summed E-state index contributed by atoms with van der Waals surface area (Å²) in [6.07, 6.45) is -1.33. The van der Waals surface area contributed by atoms with Crippen LogP contribution in [0.1, 0.15) is 29.0 Å². The molecule has 5 nitrogen and oxygen atoms in total. The van der Waals surface area contributed by atoms with E-state index in [-0.39, 0.29) is 23.9 Å². The van der Waals surface area contributed by atoms with Gasteiger partial charge in [0.1, 0.15) is 5.69 Å². The molecule has 3 rings (SSSR count). The summed E-state index contributed by atoms with van der Waals surface area (Å²) in [7, 11) is 0. The van der Waals surface area contributed by atoms with Gasteiger partial charge >= 0.3 is 6.18 Å². The van der Waals surface area contributed by atoms with Crippen molar-refractivity contribution >= 4 is 5.78 Å². The maximum absolute atomic E-state index is 12.6. The lowest BCUT2D eigenvalue weighted by Crippen LogP contribution is -2.15. The number of alkyl halides is 3. The van der Waals surface area contributed by atoms with Gasteiger partial charge < -0.3 is 9.42 Å². The smallest absolute Gasteiger partial charge is 0.352 e. The first-order valence-corrected chi connectivity index (χ1v) is 7.69. The Morgan fingerprint density at radius 1 is 1.36 bits per heavy atom. The second-order valence-electron chi connectivity index (χ2n) is 5.98. The number of benzene rings is 1. The first-order chi connectivity index (χ1) is 11.9. The van der Waals surface area contributed by atoms with Crippen LogP contribution in [0, 0.1) is 17.4 Å². The Balaban J connectivity index is 1.68. The molecule has 1 aromatic carbocycles. The van der Waals surface area contributed by atoms with Gasteiger partial charge in [0.05, 0.1) is 5.56 Å². The summed E-state index contributed by atoms with van der Waals surface area (Å²) < 4.78 is 42.8. The van der Waals surface area contributed by atoms with Crippen LogP contribution in [0.15, 0.2) is 34.9 Å². The van der Waals surface area contributed by atoms with E-state index >= 15 is 0 Å². The van der Waals surface area contributed by atoms with Gasteiger partial charge in [-0.3, -0.25) is 4.79 Å². The Bertz CT molecular complexity index is 806. The molecule has 0 spiro atoms. The van der Waals surface area contributed by atoms with Crippen LogP contribution in [0.2, 0.25) is 0 Å². The Hall–Kier alpha value is -2.82. The molecule has 1 aliphatic rings. The maximum Gasteiger partial charge on any atom is 0.416 e. The van der Waals surface area contributed by atoms with Crippen molar-refractivity contribution in [1.82, 2.24) is 10.1 Å². The van der Waals surface area contributed by atoms with Gasteiger partial charge in [0.2, 0.25) is 11.5 Å². The molecule has 25 heavy (non-hydrogen) atoms. The molecule has 0 bridgehead atoms. The molecule has 2 heterocycles. The molecule has 1 aliphatic heterocycles. The highest BCUT2D eigenvalue weighted by atomic mass is 19.4. The molecular weight excluding hydrogens is 335 g/mol. The van der Waals surface area contributed by atoms with Crippen LogP contribution in [0.5, 0.6) is 0 Å². The molecular formula is C17H14F3N3O2. The largest absolute Gasteiger partial charge is 0.416 e. The highest BCUT2D eigenvalue weighted by molar-refractivity contribution is 5.94. The van der Waals surface area contributed by atoms with Crippen LogP contribution in [-0.2, 0) is 6.18 Å². The highest BCUT2D eigenvalue weighted by Crippen LogP contribution is 2.31. The Morgan fingerprint density at radius 3 is 2.68 bits per heavy atom. The first kappa shape index (κ1) is 17.0. The summed E-state index contributed by atoms with van der Waals surface area (Å²) in [5.41, 5.74) is -0.00575. The molecule has 1 aromatic heterocycles. The van der Waals surface area contributed by atoms with E-state index in [1.807, 2.05) is 0 Å². The monoisotopic (exact) mass is 349 g/mol. The van der Waals surface area contributed by atoms with Gasteiger partial charge in [0, 0.05) is 31.1 Å². The Morgan fingerprint density at radius 2 is 2.08 bits per heavy atom. The van der Waals surface area contributed by atoms with E-state index in [2.05, 4.69) is 11.3 Å². The maximum atomic E-state index is 12.6. The summed E-state index contributed by atoms with van der Waals surface area (Å²) >= 11 is 0. The predicted octanol–water partition coefficient (Wildman–Crippen LogP) is 3.74. The normalized spacial score (nSPS) is 17.5. The third-order valence-electron chi connectivity index (χ3n) is 4.19. The molecule has 2 aromatic rings. The minimum Gasteiger partial charge on any atom is -0.352 e. The lowest BCUT2D eigenvalue weighted by atomic mass is 10.0. The van der Waals surface area contributed by atoms with Gasteiger partial charge in [-0.15, -0.1) is 0 Å². The molecule has 130 valence electrons. The number of ketones is 1. The number of hydrogen-bond acceptors (Lipinski definition) is 5. The number of nitrogens with zero attached hydrogens (tertiary/aromatic N) is 3. The lowest BCUT2D eigenvalue weighted by Gasteiger charge is -2.07. The molecule has 8 heteroatoms. The molecule has 1 atom stereocenters. The third kappa shape index (κ3) is 3.82. The van der Waals surface area contributed by atoms with E-state index in [9.17, 15) is 18.0 Å². The summed E-state index contributed by atoms with van der Waals surface area (Å²) in [4.78, 5) is 13.8. The third-order valence-corrected chi connectivity index (χ3v) is 4.19. The predicted molar refractivity (Wildman–Crippen MR) is 81.2 cm³/mol. The van der Waals surface area contributed by atoms with Crippen LogP contribution in [0.25, 0.3) is 11.3 Å². The molecule has 0 radical (unpaired) electrons. The zero-order valence-electron chi connectivity index (χ0n) is 13.1. The number of nitriles is 1. The van der Waals surface area contributed by atoms with E-state index in [0.717, 1.165) is 18.6 Å². The first-order valence-electron chi connectivity index (χ1n) is 7.69. The van der Waals surface area contributed by atoms with Gasteiger partial charge in [-0.1, -0.05) is 17.3 Å². The minimum absolute atomic E-state index is 0.0744. The van der Waals surface area contributed by atoms with Crippen LogP contribution < -0.4 is 0 Å². The average Bonchev–Trinajstić information content (AvgIpc) is 3.23. The van der Waals surface area contributed by atoms with Gasteiger partial charge in [0.25, 0.3) is 0 Å². The van der Waals surface area contributed by atoms with Gasteiger partial charge in [-0.25, -0.2) is 0 Å². The Labute approximate surface area is 141 Å². The van der Waals surface area contributed by atoms with E-state index in [4.69, 9.17) is 9.78 Å². The zero-order valence-corrected chi connectivity index (χ0v) is 13.1. The summed E-state index contributed by atoms with van der Waals surface area (Å²) in [5, 5.41) is 12.6. The van der Waals surface area contributed by atoms with E-state index < -0.39 is 11.7 Å². The standard InChI is InChI=1S/C17H14F3N3O2/c18-17(19,20)13-3-1-12(2-4-13)14-8-16(25-22-14)15(24)7-11-5-6-23(9-11)10-21/h1-4,8,11H,5-7,9H2/t11-/m0/s1. The fraction of sp³-hybridized carbons (Fsp3) is 0.353. The minimum atomic E-state index is -4.40. The van der Waals surface area contributed by atoms with Gasteiger partial charge in [-0.2, -0.15) is 18.4 Å². The molecule has 1 saturated heterocycles. The molecule has 0 saturated carbocycles. The highest BCUT2D eigenvalue weighted by Gasteiger charge is 2.30. The van der Waals surface area contributed by atoms with Crippen LogP contribution in [0.4, 0.5) is 13.2 Å². The number of carbonyl (C=O) groups excluding carboxylic acids is 1. The quantitative estimate of drug-likeness (QED) is 0.621. The van der Waals surface area contributed by atoms with Crippen molar-refractivity contribution in [1.29, 1.82) is 5.26 Å². The number of carbonyl (C=O) groups is 1. The van der Waals surface area contributed by atoms with Crippen LogP contribution in [-0.4, -0.2) is 28.9 Å². The van der Waals surface area contributed by atoms with Crippen molar-refractivity contribution < 1.29 is 22.5 Å². The molecule has 0 N–H and O–H groups in total. The number of rotatable bonds is 4. The second-order valence-corrected chi connectivity index (χ2v) is 5.98. The molecule has 1 fully saturated rings. The fourth-order valence-corrected chi connectivity index (χ4v) is 2.83. The SMILES string of the molecule is N#CN1CC[C@@H](CC(=O)c2cc(-c3ccc(C(F)(F)F)cc3)no2)C1. The van der Waals surface area contributed by atoms with Crippen molar-refractivity contribution in [2.75, 3.05) is 13.1 Å². The topological polar surface area (TPSA) is 70.1 Å². The van der Waals surface area contributed by atoms with E-state index in [0.29, 0.717) is 24.3 Å². The number of hydrogen-bond donors (Lipinski definition) is 0. The Kier molecular flexibility index (Phi) is 4.49. The number of aromatic nitrogens is 1. The van der Waals surface area contributed by atoms with Crippen molar-refractivity contribution in [3.05, 3.63) is 41.7 Å². The summed E-state index contributed by atoms with van der Waals surface area (Å²) in [6.45, 7) is 1.18. The summed E-state index contributed by atoms with van der Waals surface area (Å²) in [5.74, 6) is -0.0625. The molecule has 0 aliphatic carbocycles. The second kappa shape index (κ2) is 6.59. The summed E-state index contributed by atoms with van der Waals surface area (Å²) in [6, 6.07) is 5.93. The van der Waals surface area contributed by atoms with E-state index in [1.54, 1.807) is 4.90 Å². The number of halogens is 3. The average molecular weight is 349 g/mol. The van der Waals surface area contributed by atoms with Crippen LogP contribution >= 0.6 is 0 Å². The van der Waals surface area contributed by atoms with Crippen molar-refractivity contribution in [2.24, 2.45) is 5.92 Å². The van der Waals surface area contributed by atoms with E-state index in [1.165, 1.54) is 18.2 Å². The molecule has 0 amide bonds.